The van der Waals surface area contributed by atoms with E-state index >= 15 is 0 Å². The molecule has 0 aliphatic carbocycles. The predicted molar refractivity (Wildman–Crippen MR) is 103 cm³/mol. The fraction of sp³-hybridized carbons (Fsp3) is 0.263. The molecule has 0 saturated heterocycles. The van der Waals surface area contributed by atoms with E-state index in [1.807, 2.05) is 41.9 Å². The first-order valence-electron chi connectivity index (χ1n) is 8.49. The molecular formula is C19H20N4O3S. The van der Waals surface area contributed by atoms with Gasteiger partial charge in [-0.3, -0.25) is 14.8 Å². The second-order valence-electron chi connectivity index (χ2n) is 5.88. The molecule has 27 heavy (non-hydrogen) atoms. The Morgan fingerprint density at radius 3 is 2.67 bits per heavy atom. The van der Waals surface area contributed by atoms with Gasteiger partial charge < -0.3 is 4.74 Å². The van der Waals surface area contributed by atoms with E-state index in [9.17, 15) is 9.59 Å². The number of esters is 1. The molecule has 140 valence electrons. The van der Waals surface area contributed by atoms with Gasteiger partial charge >= 0.3 is 5.97 Å². The van der Waals surface area contributed by atoms with Crippen molar-refractivity contribution in [3.05, 3.63) is 63.9 Å². The molecule has 8 heteroatoms. The number of methoxy groups -OCH3 is 1. The van der Waals surface area contributed by atoms with Gasteiger partial charge in [0, 0.05) is 0 Å². The molecule has 0 atom stereocenters. The first kappa shape index (κ1) is 18.8. The number of amides is 1. The maximum atomic E-state index is 12.7. The Balaban J connectivity index is 1.80. The summed E-state index contributed by atoms with van der Waals surface area (Å²) in [4.78, 5) is 29.0. The summed E-state index contributed by atoms with van der Waals surface area (Å²) in [5, 5.41) is 7.49. The van der Waals surface area contributed by atoms with E-state index in [-0.39, 0.29) is 5.91 Å². The van der Waals surface area contributed by atoms with Crippen LogP contribution in [0.25, 0.3) is 0 Å². The molecule has 2 aromatic heterocycles. The van der Waals surface area contributed by atoms with E-state index in [1.54, 1.807) is 13.1 Å². The fourth-order valence-electron chi connectivity index (χ4n) is 2.76. The number of anilines is 1. The number of nitrogens with zero attached hydrogens (tertiary/aromatic N) is 3. The zero-order chi connectivity index (χ0) is 19.4. The number of aryl methyl sites for hydroxylation is 1. The van der Waals surface area contributed by atoms with Gasteiger partial charge in [-0.15, -0.1) is 0 Å². The van der Waals surface area contributed by atoms with Crippen LogP contribution in [0, 0.1) is 6.92 Å². The topological polar surface area (TPSA) is 86.1 Å². The quantitative estimate of drug-likeness (QED) is 0.659. The van der Waals surface area contributed by atoms with Gasteiger partial charge in [0.1, 0.15) is 4.88 Å². The van der Waals surface area contributed by atoms with Crippen molar-refractivity contribution in [3.63, 3.8) is 0 Å². The number of rotatable bonds is 6. The molecule has 3 rings (SSSR count). The van der Waals surface area contributed by atoms with Gasteiger partial charge in [0.05, 0.1) is 36.8 Å². The highest BCUT2D eigenvalue weighted by Gasteiger charge is 2.20. The van der Waals surface area contributed by atoms with Crippen LogP contribution in [0.15, 0.2) is 36.5 Å². The number of carbonyl (C=O) groups is 2. The molecule has 1 N–H and O–H groups in total. The molecule has 7 nitrogen and oxygen atoms in total. The minimum absolute atomic E-state index is 0.295. The van der Waals surface area contributed by atoms with Gasteiger partial charge in [-0.1, -0.05) is 48.6 Å². The maximum Gasteiger partial charge on any atom is 0.350 e. The second kappa shape index (κ2) is 8.13. The summed E-state index contributed by atoms with van der Waals surface area (Å²) in [6, 6.07) is 9.95. The largest absolute Gasteiger partial charge is 0.465 e. The highest BCUT2D eigenvalue weighted by atomic mass is 32.1. The van der Waals surface area contributed by atoms with Crippen LogP contribution in [0.5, 0.6) is 0 Å². The van der Waals surface area contributed by atoms with Crippen molar-refractivity contribution in [2.75, 3.05) is 12.4 Å². The van der Waals surface area contributed by atoms with E-state index in [1.165, 1.54) is 7.11 Å². The zero-order valence-electron chi connectivity index (χ0n) is 15.4. The molecule has 2 heterocycles. The lowest BCUT2D eigenvalue weighted by atomic mass is 10.2. The van der Waals surface area contributed by atoms with Crippen LogP contribution in [0.1, 0.15) is 43.9 Å². The van der Waals surface area contributed by atoms with Crippen molar-refractivity contribution in [3.8, 4) is 0 Å². The van der Waals surface area contributed by atoms with Crippen LogP contribution in [-0.4, -0.2) is 33.8 Å². The smallest absolute Gasteiger partial charge is 0.350 e. The summed E-state index contributed by atoms with van der Waals surface area (Å²) >= 11 is 1.09. The normalized spacial score (nSPS) is 10.6. The fourth-order valence-corrected chi connectivity index (χ4v) is 3.64. The van der Waals surface area contributed by atoms with Crippen LogP contribution < -0.4 is 5.32 Å². The Hall–Kier alpha value is -3.00. The van der Waals surface area contributed by atoms with Gasteiger partial charge in [0.2, 0.25) is 0 Å². The summed E-state index contributed by atoms with van der Waals surface area (Å²) < 4.78 is 6.55. The average molecular weight is 384 g/mol. The summed E-state index contributed by atoms with van der Waals surface area (Å²) in [7, 11) is 1.31. The van der Waals surface area contributed by atoms with E-state index in [0.29, 0.717) is 34.2 Å². The molecule has 0 saturated carbocycles. The Bertz CT molecular complexity index is 963. The van der Waals surface area contributed by atoms with Gasteiger partial charge in [-0.05, 0) is 18.9 Å². The van der Waals surface area contributed by atoms with E-state index in [4.69, 9.17) is 4.74 Å². The molecule has 1 aromatic carbocycles. The van der Waals surface area contributed by atoms with Crippen LogP contribution in [0.2, 0.25) is 0 Å². The van der Waals surface area contributed by atoms with Crippen molar-refractivity contribution < 1.29 is 14.3 Å². The summed E-state index contributed by atoms with van der Waals surface area (Å²) in [5.74, 6) is -0.758. The van der Waals surface area contributed by atoms with Gasteiger partial charge in [-0.25, -0.2) is 9.78 Å². The SMILES string of the molecule is CCc1c(C(=O)Nc2nc(C)c(C(=O)OC)s2)cnn1Cc1ccccc1. The first-order chi connectivity index (χ1) is 13.0. The van der Waals surface area contributed by atoms with Crippen LogP contribution in [-0.2, 0) is 17.7 Å². The molecule has 1 amide bonds. The van der Waals surface area contributed by atoms with Crippen molar-refractivity contribution >= 4 is 28.3 Å². The Morgan fingerprint density at radius 1 is 1.26 bits per heavy atom. The number of ether oxygens (including phenoxy) is 1. The minimum Gasteiger partial charge on any atom is -0.465 e. The van der Waals surface area contributed by atoms with Crippen molar-refractivity contribution in [2.24, 2.45) is 0 Å². The number of thiazole rings is 1. The highest BCUT2D eigenvalue weighted by molar-refractivity contribution is 7.17. The molecule has 0 fully saturated rings. The van der Waals surface area contributed by atoms with Crippen molar-refractivity contribution in [1.29, 1.82) is 0 Å². The number of hydrogen-bond donors (Lipinski definition) is 1. The van der Waals surface area contributed by atoms with E-state index < -0.39 is 5.97 Å². The lowest BCUT2D eigenvalue weighted by Crippen LogP contribution is -2.15. The highest BCUT2D eigenvalue weighted by Crippen LogP contribution is 2.24. The minimum atomic E-state index is -0.463. The number of nitrogens with one attached hydrogen (secondary N) is 1. The van der Waals surface area contributed by atoms with E-state index in [2.05, 4.69) is 15.4 Å². The Labute approximate surface area is 161 Å². The number of hydrogen-bond acceptors (Lipinski definition) is 6. The molecule has 3 aromatic rings. The lowest BCUT2D eigenvalue weighted by Gasteiger charge is -2.08. The summed E-state index contributed by atoms with van der Waals surface area (Å²) in [6.45, 7) is 4.28. The summed E-state index contributed by atoms with van der Waals surface area (Å²) in [6.07, 6.45) is 2.23. The third-order valence-corrected chi connectivity index (χ3v) is 5.14. The standard InChI is InChI=1S/C19H20N4O3S/c1-4-15-14(10-20-23(15)11-13-8-6-5-7-9-13)17(24)22-19-21-12(2)16(27-19)18(25)26-3/h5-10H,4,11H2,1-3H3,(H,21,22,24). The number of carbonyl (C=O) groups excluding carboxylic acids is 2. The van der Waals surface area contributed by atoms with Gasteiger partial charge in [-0.2, -0.15) is 5.10 Å². The Kier molecular flexibility index (Phi) is 5.66. The van der Waals surface area contributed by atoms with Gasteiger partial charge in [0.25, 0.3) is 5.91 Å². The van der Waals surface area contributed by atoms with Crippen LogP contribution in [0.4, 0.5) is 5.13 Å². The predicted octanol–water partition coefficient (Wildman–Crippen LogP) is 3.30. The van der Waals surface area contributed by atoms with Crippen LogP contribution in [0.3, 0.4) is 0 Å². The number of benzene rings is 1. The molecule has 0 bridgehead atoms. The summed E-state index contributed by atoms with van der Waals surface area (Å²) in [5.41, 5.74) is 2.98. The Morgan fingerprint density at radius 2 is 2.00 bits per heavy atom. The van der Waals surface area contributed by atoms with Crippen LogP contribution >= 0.6 is 11.3 Å². The first-order valence-corrected chi connectivity index (χ1v) is 9.30. The molecule has 0 unspecified atom stereocenters. The maximum absolute atomic E-state index is 12.7. The number of aromatic nitrogens is 3. The monoisotopic (exact) mass is 384 g/mol. The zero-order valence-corrected chi connectivity index (χ0v) is 16.2. The van der Waals surface area contributed by atoms with Crippen molar-refractivity contribution in [2.45, 2.75) is 26.8 Å². The molecular weight excluding hydrogens is 364 g/mol. The second-order valence-corrected chi connectivity index (χ2v) is 6.88. The van der Waals surface area contributed by atoms with E-state index in [0.717, 1.165) is 22.6 Å². The third-order valence-electron chi connectivity index (χ3n) is 4.09. The van der Waals surface area contributed by atoms with Crippen molar-refractivity contribution in [1.82, 2.24) is 14.8 Å². The third kappa shape index (κ3) is 4.06. The lowest BCUT2D eigenvalue weighted by molar-refractivity contribution is 0.0605. The molecule has 0 aliphatic heterocycles. The molecule has 0 spiro atoms. The average Bonchev–Trinajstić information content (AvgIpc) is 3.24. The van der Waals surface area contributed by atoms with Gasteiger partial charge in [0.15, 0.2) is 5.13 Å². The molecule has 0 aliphatic rings. The molecule has 0 radical (unpaired) electrons.